The molecule has 1 atom stereocenters. The monoisotopic (exact) mass is 384 g/mol. The van der Waals surface area contributed by atoms with Crippen LogP contribution >= 0.6 is 0 Å². The lowest BCUT2D eigenvalue weighted by atomic mass is 9.89. The van der Waals surface area contributed by atoms with Gasteiger partial charge >= 0.3 is 0 Å². The molecule has 0 bridgehead atoms. The maximum absolute atomic E-state index is 12.5. The number of nitrogens with zero attached hydrogens (tertiary/aromatic N) is 5. The molecule has 7 nitrogen and oxygen atoms in total. The molecule has 144 valence electrons. The molecule has 0 radical (unpaired) electrons. The zero-order valence-corrected chi connectivity index (χ0v) is 16.0. The lowest BCUT2D eigenvalue weighted by Crippen LogP contribution is -2.41. The molecule has 1 aromatic heterocycles. The number of rotatable bonds is 3. The molecule has 7 heteroatoms. The number of hydrogen-bond donors (Lipinski definition) is 1. The van der Waals surface area contributed by atoms with Gasteiger partial charge in [0.15, 0.2) is 0 Å². The lowest BCUT2D eigenvalue weighted by Gasteiger charge is -2.36. The van der Waals surface area contributed by atoms with Gasteiger partial charge in [0, 0.05) is 43.2 Å². The van der Waals surface area contributed by atoms with E-state index in [1.807, 2.05) is 24.3 Å². The number of carbonyl (C=O) groups excluding carboxylic acids is 1. The average Bonchev–Trinajstić information content (AvgIpc) is 2.73. The first-order chi connectivity index (χ1) is 14.2. The van der Waals surface area contributed by atoms with Gasteiger partial charge in [0.2, 0.25) is 5.91 Å². The fraction of sp³-hybridized carbons (Fsp3) is 0.227. The topological polar surface area (TPSA) is 82.8 Å². The van der Waals surface area contributed by atoms with E-state index in [0.29, 0.717) is 17.5 Å². The molecule has 1 fully saturated rings. The van der Waals surface area contributed by atoms with Crippen molar-refractivity contribution < 1.29 is 4.79 Å². The minimum Gasteiger partial charge on any atom is -0.332 e. The van der Waals surface area contributed by atoms with E-state index >= 15 is 0 Å². The van der Waals surface area contributed by atoms with Crippen LogP contribution in [0.1, 0.15) is 17.0 Å². The van der Waals surface area contributed by atoms with E-state index in [2.05, 4.69) is 44.4 Å². The number of carbonyl (C=O) groups is 1. The fourth-order valence-electron chi connectivity index (χ4n) is 3.86. The second-order valence-electron chi connectivity index (χ2n) is 7.52. The number of allylic oxidation sites excluding steroid dienone is 2. The molecule has 1 N–H and O–H groups in total. The van der Waals surface area contributed by atoms with Gasteiger partial charge in [0.1, 0.15) is 18.1 Å². The van der Waals surface area contributed by atoms with Crippen LogP contribution in [0.3, 0.4) is 0 Å². The standard InChI is InChI=1S/C22H20N6O/c1-28-11-17(12-28)14-2-4-18(5-3-14)26-21-20-15(6-7-25-22(20)29)8-19(27-21)16-9-23-13-24-10-16/h2-10,13,17,20H,11-12H2,1H3,(H,25,29). The lowest BCUT2D eigenvalue weighted by molar-refractivity contribution is -0.121. The summed E-state index contributed by atoms with van der Waals surface area (Å²) in [7, 11) is 2.13. The molecule has 5 rings (SSSR count). The highest BCUT2D eigenvalue weighted by atomic mass is 16.1. The summed E-state index contributed by atoms with van der Waals surface area (Å²) in [6.07, 6.45) is 10.3. The van der Waals surface area contributed by atoms with Gasteiger partial charge in [-0.05, 0) is 42.5 Å². The van der Waals surface area contributed by atoms with E-state index in [1.54, 1.807) is 18.6 Å². The average molecular weight is 384 g/mol. The predicted molar refractivity (Wildman–Crippen MR) is 111 cm³/mol. The molecule has 0 aliphatic carbocycles. The van der Waals surface area contributed by atoms with Crippen molar-refractivity contribution >= 4 is 23.1 Å². The normalized spacial score (nSPS) is 23.1. The summed E-state index contributed by atoms with van der Waals surface area (Å²) >= 11 is 0. The molecular formula is C22H20N6O. The number of hydrogen-bond acceptors (Lipinski definition) is 5. The van der Waals surface area contributed by atoms with Gasteiger partial charge in [0.05, 0.1) is 11.4 Å². The minimum absolute atomic E-state index is 0.126. The Kier molecular flexibility index (Phi) is 4.37. The van der Waals surface area contributed by atoms with Gasteiger partial charge in [-0.15, -0.1) is 0 Å². The molecule has 29 heavy (non-hydrogen) atoms. The summed E-state index contributed by atoms with van der Waals surface area (Å²) in [5, 5.41) is 2.76. The highest BCUT2D eigenvalue weighted by molar-refractivity contribution is 6.22. The number of amides is 1. The molecule has 1 amide bonds. The van der Waals surface area contributed by atoms with E-state index in [9.17, 15) is 4.79 Å². The van der Waals surface area contributed by atoms with Crippen LogP contribution < -0.4 is 5.32 Å². The summed E-state index contributed by atoms with van der Waals surface area (Å²) in [5.41, 5.74) is 4.45. The zero-order valence-electron chi connectivity index (χ0n) is 16.0. The van der Waals surface area contributed by atoms with E-state index in [1.165, 1.54) is 11.9 Å². The number of likely N-dealkylation sites (tertiary alicyclic amines) is 1. The van der Waals surface area contributed by atoms with Crippen molar-refractivity contribution in [1.29, 1.82) is 0 Å². The number of aromatic nitrogens is 2. The van der Waals surface area contributed by atoms with Crippen LogP contribution in [0.4, 0.5) is 5.69 Å². The SMILES string of the molecule is CN1CC(c2ccc(N=C3N=C(c4cncnc4)C=C4C=CNC(=O)C43)cc2)C1. The van der Waals surface area contributed by atoms with Crippen molar-refractivity contribution in [2.24, 2.45) is 15.9 Å². The number of amidine groups is 1. The molecule has 0 saturated carbocycles. The first kappa shape index (κ1) is 17.6. The first-order valence-electron chi connectivity index (χ1n) is 9.57. The van der Waals surface area contributed by atoms with E-state index in [4.69, 9.17) is 4.99 Å². The Bertz CT molecular complexity index is 1060. The molecule has 1 unspecified atom stereocenters. The number of dihydropyridines is 1. The zero-order chi connectivity index (χ0) is 19.8. The molecule has 0 spiro atoms. The Morgan fingerprint density at radius 2 is 1.90 bits per heavy atom. The van der Waals surface area contributed by atoms with E-state index < -0.39 is 5.92 Å². The summed E-state index contributed by atoms with van der Waals surface area (Å²) < 4.78 is 0. The molecule has 2 aromatic rings. The number of aliphatic imine (C=N–C) groups is 2. The van der Waals surface area contributed by atoms with Gasteiger partial charge in [0.25, 0.3) is 0 Å². The molecule has 3 aliphatic rings. The summed E-state index contributed by atoms with van der Waals surface area (Å²) in [6.45, 7) is 2.17. The van der Waals surface area contributed by atoms with Gasteiger partial charge in [-0.3, -0.25) is 4.79 Å². The van der Waals surface area contributed by atoms with Crippen molar-refractivity contribution in [3.63, 3.8) is 0 Å². The van der Waals surface area contributed by atoms with Crippen LogP contribution in [0.25, 0.3) is 0 Å². The Morgan fingerprint density at radius 1 is 1.14 bits per heavy atom. The largest absolute Gasteiger partial charge is 0.332 e. The number of benzene rings is 1. The van der Waals surface area contributed by atoms with Gasteiger partial charge < -0.3 is 10.2 Å². The van der Waals surface area contributed by atoms with Crippen molar-refractivity contribution in [2.75, 3.05) is 20.1 Å². The number of likely N-dealkylation sites (N-methyl/N-ethyl adjacent to an activating group) is 1. The second-order valence-corrected chi connectivity index (χ2v) is 7.52. The molecular weight excluding hydrogens is 364 g/mol. The van der Waals surface area contributed by atoms with Gasteiger partial charge in [-0.25, -0.2) is 20.0 Å². The molecule has 4 heterocycles. The smallest absolute Gasteiger partial charge is 0.239 e. The highest BCUT2D eigenvalue weighted by Gasteiger charge is 2.33. The van der Waals surface area contributed by atoms with Crippen LogP contribution in [0.15, 0.2) is 76.9 Å². The van der Waals surface area contributed by atoms with Crippen LogP contribution in [-0.4, -0.2) is 52.5 Å². The van der Waals surface area contributed by atoms with Crippen molar-refractivity contribution in [3.8, 4) is 0 Å². The Hall–Kier alpha value is -3.45. The van der Waals surface area contributed by atoms with E-state index in [-0.39, 0.29) is 5.91 Å². The second kappa shape index (κ2) is 7.18. The third-order valence-corrected chi connectivity index (χ3v) is 5.42. The van der Waals surface area contributed by atoms with E-state index in [0.717, 1.165) is 29.9 Å². The van der Waals surface area contributed by atoms with Crippen LogP contribution in [-0.2, 0) is 4.79 Å². The number of fused-ring (bicyclic) bond motifs is 1. The Labute approximate surface area is 168 Å². The summed E-state index contributed by atoms with van der Waals surface area (Å²) in [4.78, 5) is 32.4. The quantitative estimate of drug-likeness (QED) is 0.880. The molecule has 1 saturated heterocycles. The summed E-state index contributed by atoms with van der Waals surface area (Å²) in [6, 6.07) is 8.23. The predicted octanol–water partition coefficient (Wildman–Crippen LogP) is 2.22. The maximum atomic E-state index is 12.5. The Morgan fingerprint density at radius 3 is 2.62 bits per heavy atom. The molecule has 3 aliphatic heterocycles. The number of nitrogens with one attached hydrogen (secondary N) is 1. The van der Waals surface area contributed by atoms with Gasteiger partial charge in [-0.2, -0.15) is 0 Å². The van der Waals surface area contributed by atoms with Crippen LogP contribution in [0, 0.1) is 5.92 Å². The first-order valence-corrected chi connectivity index (χ1v) is 9.57. The minimum atomic E-state index is -0.520. The van der Waals surface area contributed by atoms with Crippen molar-refractivity contribution in [2.45, 2.75) is 5.92 Å². The fourth-order valence-corrected chi connectivity index (χ4v) is 3.86. The summed E-state index contributed by atoms with van der Waals surface area (Å²) in [5.74, 6) is 0.411. The third kappa shape index (κ3) is 3.40. The van der Waals surface area contributed by atoms with Crippen molar-refractivity contribution in [3.05, 3.63) is 78.0 Å². The molecule has 1 aromatic carbocycles. The third-order valence-electron chi connectivity index (χ3n) is 5.42. The maximum Gasteiger partial charge on any atom is 0.239 e. The Balaban J connectivity index is 1.51. The van der Waals surface area contributed by atoms with Crippen molar-refractivity contribution in [1.82, 2.24) is 20.2 Å². The van der Waals surface area contributed by atoms with Crippen LogP contribution in [0.2, 0.25) is 0 Å². The van der Waals surface area contributed by atoms with Crippen LogP contribution in [0.5, 0.6) is 0 Å². The van der Waals surface area contributed by atoms with Gasteiger partial charge in [-0.1, -0.05) is 12.1 Å². The highest BCUT2D eigenvalue weighted by Crippen LogP contribution is 2.29.